The van der Waals surface area contributed by atoms with Crippen molar-refractivity contribution >= 4 is 6.09 Å². The lowest BCUT2D eigenvalue weighted by Crippen LogP contribution is -2.41. The lowest BCUT2D eigenvalue weighted by atomic mass is 10.1. The molecule has 5 heteroatoms. The fraction of sp³-hybridized carbons (Fsp3) is 0.889. The summed E-state index contributed by atoms with van der Waals surface area (Å²) in [5, 5.41) is 0. The van der Waals surface area contributed by atoms with Gasteiger partial charge in [-0.05, 0) is 12.8 Å². The Kier molecular flexibility index (Phi) is 4.69. The van der Waals surface area contributed by atoms with Crippen LogP contribution in [0.4, 0.5) is 4.79 Å². The lowest BCUT2D eigenvalue weighted by molar-refractivity contribution is 0.0118. The smallest absolute Gasteiger partial charge is 0.409 e. The third-order valence-electron chi connectivity index (χ3n) is 2.35. The first-order valence-electron chi connectivity index (χ1n) is 4.92. The van der Waals surface area contributed by atoms with Gasteiger partial charge in [-0.15, -0.1) is 0 Å². The lowest BCUT2D eigenvalue weighted by Gasteiger charge is -2.30. The zero-order valence-electron chi connectivity index (χ0n) is 8.57. The summed E-state index contributed by atoms with van der Waals surface area (Å²) in [4.78, 5) is 12.8. The highest BCUT2D eigenvalue weighted by Crippen LogP contribution is 2.13. The van der Waals surface area contributed by atoms with Gasteiger partial charge in [-0.2, -0.15) is 0 Å². The first-order valence-corrected chi connectivity index (χ1v) is 4.92. The van der Waals surface area contributed by atoms with Crippen molar-refractivity contribution in [1.29, 1.82) is 0 Å². The van der Waals surface area contributed by atoms with Crippen LogP contribution in [0.15, 0.2) is 0 Å². The highest BCUT2D eigenvalue weighted by molar-refractivity contribution is 5.67. The first-order chi connectivity index (χ1) is 6.77. The number of amides is 1. The average Bonchev–Trinajstić information content (AvgIpc) is 2.26. The fourth-order valence-corrected chi connectivity index (χ4v) is 1.57. The number of nitrogens with two attached hydrogens (primary N) is 1. The summed E-state index contributed by atoms with van der Waals surface area (Å²) in [5.74, 6) is 0. The number of hydrogen-bond donors (Lipinski definition) is 1. The number of piperidine rings is 1. The van der Waals surface area contributed by atoms with E-state index in [4.69, 9.17) is 10.5 Å². The van der Waals surface area contributed by atoms with E-state index in [1.807, 2.05) is 0 Å². The fourth-order valence-electron chi connectivity index (χ4n) is 1.57. The Morgan fingerprint density at radius 2 is 2.14 bits per heavy atom. The Balaban J connectivity index is 2.20. The van der Waals surface area contributed by atoms with Crippen molar-refractivity contribution in [3.05, 3.63) is 0 Å². The molecule has 14 heavy (non-hydrogen) atoms. The van der Waals surface area contributed by atoms with E-state index < -0.39 is 0 Å². The minimum atomic E-state index is -0.248. The molecule has 82 valence electrons. The molecule has 0 aromatic carbocycles. The molecule has 1 aliphatic heterocycles. The Labute approximate surface area is 84.1 Å². The van der Waals surface area contributed by atoms with Crippen molar-refractivity contribution in [2.75, 3.05) is 33.4 Å². The molecule has 1 rings (SSSR count). The molecule has 0 atom stereocenters. The van der Waals surface area contributed by atoms with Gasteiger partial charge in [0.1, 0.15) is 0 Å². The summed E-state index contributed by atoms with van der Waals surface area (Å²) in [6, 6.07) is 0. The molecule has 0 aromatic heterocycles. The van der Waals surface area contributed by atoms with Gasteiger partial charge >= 0.3 is 6.09 Å². The second kappa shape index (κ2) is 5.82. The van der Waals surface area contributed by atoms with Crippen molar-refractivity contribution < 1.29 is 14.3 Å². The normalized spacial score (nSPS) is 18.3. The van der Waals surface area contributed by atoms with Crippen LogP contribution >= 0.6 is 0 Å². The van der Waals surface area contributed by atoms with Crippen molar-refractivity contribution in [1.82, 2.24) is 4.90 Å². The summed E-state index contributed by atoms with van der Waals surface area (Å²) in [6.07, 6.45) is 1.74. The second-order valence-corrected chi connectivity index (χ2v) is 3.32. The van der Waals surface area contributed by atoms with Crippen LogP contribution < -0.4 is 5.73 Å². The van der Waals surface area contributed by atoms with Gasteiger partial charge in [0.25, 0.3) is 0 Å². The molecule has 0 radical (unpaired) electrons. The quantitative estimate of drug-likeness (QED) is 0.709. The van der Waals surface area contributed by atoms with Crippen molar-refractivity contribution in [2.24, 2.45) is 5.73 Å². The van der Waals surface area contributed by atoms with E-state index in [0.29, 0.717) is 26.2 Å². The van der Waals surface area contributed by atoms with Crippen LogP contribution in [-0.2, 0) is 9.47 Å². The van der Waals surface area contributed by atoms with Crippen LogP contribution in [0.5, 0.6) is 0 Å². The molecule has 0 aliphatic carbocycles. The average molecular weight is 202 g/mol. The topological polar surface area (TPSA) is 64.8 Å². The van der Waals surface area contributed by atoms with E-state index in [0.717, 1.165) is 12.8 Å². The maximum absolute atomic E-state index is 11.1. The highest BCUT2D eigenvalue weighted by Gasteiger charge is 2.23. The van der Waals surface area contributed by atoms with E-state index in [9.17, 15) is 4.79 Å². The maximum Gasteiger partial charge on any atom is 0.409 e. The number of carbonyl (C=O) groups is 1. The van der Waals surface area contributed by atoms with Crippen LogP contribution in [0.3, 0.4) is 0 Å². The molecule has 2 N–H and O–H groups in total. The summed E-state index contributed by atoms with van der Waals surface area (Å²) < 4.78 is 10.1. The van der Waals surface area contributed by atoms with E-state index >= 15 is 0 Å². The highest BCUT2D eigenvalue weighted by atomic mass is 16.5. The zero-order chi connectivity index (χ0) is 10.4. The van der Waals surface area contributed by atoms with Gasteiger partial charge in [-0.3, -0.25) is 0 Å². The van der Waals surface area contributed by atoms with Gasteiger partial charge in [-0.25, -0.2) is 4.79 Å². The monoisotopic (exact) mass is 202 g/mol. The summed E-state index contributed by atoms with van der Waals surface area (Å²) in [5.41, 5.74) is 5.33. The van der Waals surface area contributed by atoms with Crippen LogP contribution in [0, 0.1) is 0 Å². The van der Waals surface area contributed by atoms with Gasteiger partial charge in [0, 0.05) is 19.6 Å². The Morgan fingerprint density at radius 1 is 1.50 bits per heavy atom. The zero-order valence-corrected chi connectivity index (χ0v) is 8.57. The molecule has 1 heterocycles. The Hall–Kier alpha value is -0.810. The van der Waals surface area contributed by atoms with E-state index in [1.54, 1.807) is 4.90 Å². The number of ether oxygens (including phenoxy) is 2. The minimum Gasteiger partial charge on any atom is -0.453 e. The number of nitrogens with zero attached hydrogens (tertiary/aromatic N) is 1. The van der Waals surface area contributed by atoms with Crippen molar-refractivity contribution in [3.63, 3.8) is 0 Å². The number of rotatable bonds is 3. The third kappa shape index (κ3) is 3.16. The third-order valence-corrected chi connectivity index (χ3v) is 2.35. The van der Waals surface area contributed by atoms with Gasteiger partial charge < -0.3 is 20.1 Å². The van der Waals surface area contributed by atoms with E-state index in [-0.39, 0.29) is 12.2 Å². The van der Waals surface area contributed by atoms with E-state index in [2.05, 4.69) is 4.74 Å². The molecule has 0 spiro atoms. The molecule has 0 aromatic rings. The number of hydrogen-bond acceptors (Lipinski definition) is 4. The first kappa shape index (κ1) is 11.3. The maximum atomic E-state index is 11.1. The van der Waals surface area contributed by atoms with Crippen LogP contribution in [0.1, 0.15) is 12.8 Å². The SMILES string of the molecule is COC(=O)N1CCC(OCCN)CC1. The Bertz CT molecular complexity index is 179. The summed E-state index contributed by atoms with van der Waals surface area (Å²) in [7, 11) is 1.40. The molecule has 1 fully saturated rings. The molecule has 0 bridgehead atoms. The number of likely N-dealkylation sites (tertiary alicyclic amines) is 1. The predicted octanol–water partition coefficient (Wildman–Crippen LogP) is 0.193. The van der Waals surface area contributed by atoms with Crippen LogP contribution in [0.2, 0.25) is 0 Å². The Morgan fingerprint density at radius 3 is 2.64 bits per heavy atom. The molecule has 1 aliphatic rings. The van der Waals surface area contributed by atoms with Gasteiger partial charge in [0.2, 0.25) is 0 Å². The number of methoxy groups -OCH3 is 1. The molecule has 0 unspecified atom stereocenters. The van der Waals surface area contributed by atoms with E-state index in [1.165, 1.54) is 7.11 Å². The standard InChI is InChI=1S/C9H18N2O3/c1-13-9(12)11-5-2-8(3-6-11)14-7-4-10/h8H,2-7,10H2,1H3. The molecular weight excluding hydrogens is 184 g/mol. The summed E-state index contributed by atoms with van der Waals surface area (Å²) >= 11 is 0. The van der Waals surface area contributed by atoms with Crippen LogP contribution in [-0.4, -0.2) is 50.4 Å². The van der Waals surface area contributed by atoms with Crippen molar-refractivity contribution in [2.45, 2.75) is 18.9 Å². The van der Waals surface area contributed by atoms with Gasteiger partial charge in [0.05, 0.1) is 19.8 Å². The van der Waals surface area contributed by atoms with Crippen molar-refractivity contribution in [3.8, 4) is 0 Å². The summed E-state index contributed by atoms with van der Waals surface area (Å²) in [6.45, 7) is 2.57. The molecule has 1 amide bonds. The molecule has 0 saturated carbocycles. The molecule has 5 nitrogen and oxygen atoms in total. The predicted molar refractivity (Wildman–Crippen MR) is 52.0 cm³/mol. The van der Waals surface area contributed by atoms with Crippen LogP contribution in [0.25, 0.3) is 0 Å². The van der Waals surface area contributed by atoms with Gasteiger partial charge in [0.15, 0.2) is 0 Å². The molecular formula is C9H18N2O3. The van der Waals surface area contributed by atoms with Gasteiger partial charge in [-0.1, -0.05) is 0 Å². The number of carbonyl (C=O) groups excluding carboxylic acids is 1. The minimum absolute atomic E-state index is 0.248. The molecule has 1 saturated heterocycles. The second-order valence-electron chi connectivity index (χ2n) is 3.32. The largest absolute Gasteiger partial charge is 0.453 e.